The highest BCUT2D eigenvalue weighted by Crippen LogP contribution is 2.40. The van der Waals surface area contributed by atoms with Gasteiger partial charge in [-0.15, -0.1) is 11.8 Å². The van der Waals surface area contributed by atoms with E-state index < -0.39 is 36.3 Å². The number of aromatic carboxylic acids is 1. The summed E-state index contributed by atoms with van der Waals surface area (Å²) in [4.78, 5) is 37.5. The molecule has 2 heterocycles. The van der Waals surface area contributed by atoms with Crippen LogP contribution >= 0.6 is 11.8 Å². The number of hydrogen-bond acceptors (Lipinski definition) is 7. The van der Waals surface area contributed by atoms with Gasteiger partial charge in [-0.2, -0.15) is 13.2 Å². The van der Waals surface area contributed by atoms with Crippen molar-refractivity contribution >= 4 is 29.5 Å². The van der Waals surface area contributed by atoms with E-state index in [2.05, 4.69) is 5.32 Å². The molecular formula is C39H37F3N2O7S. The molecule has 272 valence electrons. The number of halogens is 3. The molecule has 52 heavy (non-hydrogen) atoms. The van der Waals surface area contributed by atoms with Crippen LogP contribution in [-0.2, 0) is 32.2 Å². The molecule has 3 N–H and O–H groups in total. The molecule has 4 aromatic rings. The topological polar surface area (TPSA) is 125 Å². The Balaban J connectivity index is 1.16. The number of rotatable bonds is 11. The molecule has 2 amide bonds. The highest BCUT2D eigenvalue weighted by molar-refractivity contribution is 7.99. The molecule has 4 atom stereocenters. The number of nitrogens with zero attached hydrogens (tertiary/aromatic N) is 1. The molecule has 0 spiro atoms. The van der Waals surface area contributed by atoms with Gasteiger partial charge in [0.25, 0.3) is 0 Å². The van der Waals surface area contributed by atoms with Crippen molar-refractivity contribution < 1.29 is 47.2 Å². The summed E-state index contributed by atoms with van der Waals surface area (Å²) in [6.45, 7) is -0.115. The lowest BCUT2D eigenvalue weighted by atomic mass is 9.99. The summed E-state index contributed by atoms with van der Waals surface area (Å²) in [7, 11) is 0. The Bertz CT molecular complexity index is 1890. The first-order valence-corrected chi connectivity index (χ1v) is 17.8. The molecule has 2 aliphatic heterocycles. The van der Waals surface area contributed by atoms with Crippen molar-refractivity contribution in [1.82, 2.24) is 10.2 Å². The van der Waals surface area contributed by atoms with Crippen LogP contribution in [0.1, 0.15) is 64.3 Å². The molecule has 13 heteroatoms. The fourth-order valence-corrected chi connectivity index (χ4v) is 7.31. The summed E-state index contributed by atoms with van der Waals surface area (Å²) >= 11 is 1.56. The van der Waals surface area contributed by atoms with E-state index in [9.17, 15) is 37.8 Å². The molecule has 0 aliphatic carbocycles. The number of carbonyl (C=O) groups is 3. The Hall–Kier alpha value is -4.69. The summed E-state index contributed by atoms with van der Waals surface area (Å²) in [5.41, 5.74) is 5.15. The molecule has 2 saturated heterocycles. The smallest absolute Gasteiger partial charge is 0.471 e. The zero-order valence-electron chi connectivity index (χ0n) is 27.9. The van der Waals surface area contributed by atoms with Crippen LogP contribution in [0.4, 0.5) is 13.2 Å². The highest BCUT2D eigenvalue weighted by atomic mass is 32.2. The van der Waals surface area contributed by atoms with Gasteiger partial charge in [0.1, 0.15) is 6.04 Å². The Labute approximate surface area is 302 Å². The van der Waals surface area contributed by atoms with Crippen LogP contribution in [-0.4, -0.2) is 63.5 Å². The normalized spacial score (nSPS) is 20.4. The predicted octanol–water partition coefficient (Wildman–Crippen LogP) is 7.05. The maximum Gasteiger partial charge on any atom is 0.471 e. The molecule has 4 aromatic carbocycles. The number of amides is 2. The molecule has 2 aliphatic rings. The maximum atomic E-state index is 13.1. The van der Waals surface area contributed by atoms with E-state index in [-0.39, 0.29) is 43.9 Å². The quantitative estimate of drug-likeness (QED) is 0.140. The third-order valence-corrected chi connectivity index (χ3v) is 10.2. The van der Waals surface area contributed by atoms with Crippen molar-refractivity contribution in [2.75, 3.05) is 12.3 Å². The van der Waals surface area contributed by atoms with Gasteiger partial charge in [-0.3, -0.25) is 9.59 Å². The summed E-state index contributed by atoms with van der Waals surface area (Å²) in [6, 6.07) is 28.3. The number of hydrogen-bond donors (Lipinski definition) is 3. The van der Waals surface area contributed by atoms with Crippen LogP contribution in [0, 0.1) is 0 Å². The van der Waals surface area contributed by atoms with Crippen LogP contribution in [0.15, 0.2) is 102 Å². The molecular weight excluding hydrogens is 697 g/mol. The fraction of sp³-hybridized carbons (Fsp3) is 0.308. The summed E-state index contributed by atoms with van der Waals surface area (Å²) in [6.07, 6.45) is -5.21. The van der Waals surface area contributed by atoms with E-state index in [4.69, 9.17) is 9.47 Å². The van der Waals surface area contributed by atoms with Crippen molar-refractivity contribution in [3.05, 3.63) is 125 Å². The van der Waals surface area contributed by atoms with E-state index in [1.165, 1.54) is 0 Å². The Kier molecular flexibility index (Phi) is 11.6. The highest BCUT2D eigenvalue weighted by Gasteiger charge is 2.47. The molecule has 9 nitrogen and oxygen atoms in total. The Morgan fingerprint density at radius 2 is 1.58 bits per heavy atom. The lowest BCUT2D eigenvalue weighted by Gasteiger charge is -2.36. The van der Waals surface area contributed by atoms with Gasteiger partial charge in [0.15, 0.2) is 6.29 Å². The first-order valence-electron chi connectivity index (χ1n) is 16.8. The zero-order chi connectivity index (χ0) is 36.8. The molecule has 0 bridgehead atoms. The average molecular weight is 735 g/mol. The number of alkyl halides is 3. The second-order valence-corrected chi connectivity index (χ2v) is 13.8. The molecule has 2 fully saturated rings. The average Bonchev–Trinajstić information content (AvgIpc) is 3.66. The van der Waals surface area contributed by atoms with Gasteiger partial charge in [0.2, 0.25) is 5.91 Å². The lowest BCUT2D eigenvalue weighted by Crippen LogP contribution is -2.50. The zero-order valence-corrected chi connectivity index (χ0v) is 28.7. The summed E-state index contributed by atoms with van der Waals surface area (Å²) in [5, 5.41) is 21.5. The maximum absolute atomic E-state index is 13.1. The van der Waals surface area contributed by atoms with Gasteiger partial charge in [0, 0.05) is 35.7 Å². The first-order chi connectivity index (χ1) is 25.0. The second kappa shape index (κ2) is 16.3. The third kappa shape index (κ3) is 9.02. The van der Waals surface area contributed by atoms with Gasteiger partial charge in [-0.25, -0.2) is 4.79 Å². The molecule has 0 saturated carbocycles. The lowest BCUT2D eigenvalue weighted by molar-refractivity contribution is -0.245. The molecule has 0 unspecified atom stereocenters. The summed E-state index contributed by atoms with van der Waals surface area (Å²) < 4.78 is 52.2. The van der Waals surface area contributed by atoms with E-state index in [0.717, 1.165) is 38.3 Å². The number of thioether (sulfide) groups is 1. The molecule has 0 aromatic heterocycles. The van der Waals surface area contributed by atoms with Gasteiger partial charge < -0.3 is 29.9 Å². The van der Waals surface area contributed by atoms with Gasteiger partial charge >= 0.3 is 18.1 Å². The number of benzene rings is 4. The van der Waals surface area contributed by atoms with Crippen LogP contribution in [0.5, 0.6) is 0 Å². The standard InChI is InChI=1S/C39H37F3N2O7S/c40-39(41,42)38(49)44-17-3-8-33(44)35(46)43-21-25-4-1-5-28(18-25)29-6-2-7-30(19-29)37-50-31(23-52-32-15-13-27(14-16-32)36(47)48)20-34(51-37)26-11-9-24(22-45)10-12-26/h1-2,4-7,9-16,18-19,31,33-34,37,45H,3,8,17,20-23H2,(H,43,46)(H,47,48)/t31-,33+,34+,37+/m1/s1. The van der Waals surface area contributed by atoms with Crippen LogP contribution < -0.4 is 5.32 Å². The molecule has 0 radical (unpaired) electrons. The minimum Gasteiger partial charge on any atom is -0.478 e. The van der Waals surface area contributed by atoms with Crippen LogP contribution in [0.2, 0.25) is 0 Å². The number of nitrogens with one attached hydrogen (secondary N) is 1. The largest absolute Gasteiger partial charge is 0.478 e. The van der Waals surface area contributed by atoms with Crippen LogP contribution in [0.3, 0.4) is 0 Å². The molecule has 6 rings (SSSR count). The number of likely N-dealkylation sites (tertiary alicyclic amines) is 1. The minimum atomic E-state index is -5.04. The van der Waals surface area contributed by atoms with Crippen molar-refractivity contribution in [2.45, 2.75) is 68.0 Å². The Morgan fingerprint density at radius 3 is 2.27 bits per heavy atom. The third-order valence-electron chi connectivity index (χ3n) is 9.10. The first kappa shape index (κ1) is 37.1. The van der Waals surface area contributed by atoms with Gasteiger partial charge in [-0.05, 0) is 77.1 Å². The van der Waals surface area contributed by atoms with E-state index in [1.54, 1.807) is 42.1 Å². The number of carboxylic acid groups (broad SMARTS) is 1. The number of carboxylic acids is 1. The van der Waals surface area contributed by atoms with Crippen molar-refractivity contribution in [2.24, 2.45) is 0 Å². The number of ether oxygens (including phenoxy) is 2. The van der Waals surface area contributed by atoms with E-state index in [0.29, 0.717) is 23.5 Å². The second-order valence-electron chi connectivity index (χ2n) is 12.7. The monoisotopic (exact) mass is 734 g/mol. The fourth-order valence-electron chi connectivity index (χ4n) is 6.38. The van der Waals surface area contributed by atoms with E-state index >= 15 is 0 Å². The Morgan fingerprint density at radius 1 is 0.865 bits per heavy atom. The van der Waals surface area contributed by atoms with Crippen LogP contribution in [0.25, 0.3) is 11.1 Å². The SMILES string of the molecule is O=C(O)c1ccc(SC[C@H]2C[C@@H](c3ccc(CO)cc3)O[C@@H](c3cccc(-c4cccc(CNC(=O)[C@@H]5CCCN5C(=O)C(F)(F)F)c4)c3)O2)cc1. The summed E-state index contributed by atoms with van der Waals surface area (Å²) in [5.74, 6) is -3.02. The van der Waals surface area contributed by atoms with Crippen molar-refractivity contribution in [1.29, 1.82) is 0 Å². The van der Waals surface area contributed by atoms with Crippen molar-refractivity contribution in [3.8, 4) is 11.1 Å². The van der Waals surface area contributed by atoms with Gasteiger partial charge in [0.05, 0.1) is 24.4 Å². The minimum absolute atomic E-state index is 0.0695. The van der Waals surface area contributed by atoms with Crippen molar-refractivity contribution in [3.63, 3.8) is 0 Å². The number of aliphatic hydroxyl groups is 1. The van der Waals surface area contributed by atoms with E-state index in [1.807, 2.05) is 66.7 Å². The number of carbonyl (C=O) groups excluding carboxylic acids is 2. The van der Waals surface area contributed by atoms with Gasteiger partial charge in [-0.1, -0.05) is 60.7 Å². The predicted molar refractivity (Wildman–Crippen MR) is 187 cm³/mol. The number of aliphatic hydroxyl groups excluding tert-OH is 1.